The van der Waals surface area contributed by atoms with Gasteiger partial charge in [-0.05, 0) is 55.5 Å². The second-order valence-corrected chi connectivity index (χ2v) is 7.53. The molecule has 4 rings (SSSR count). The molecule has 31 heavy (non-hydrogen) atoms. The highest BCUT2D eigenvalue weighted by Gasteiger charge is 2.20. The molecule has 0 aliphatic carbocycles. The van der Waals surface area contributed by atoms with Crippen LogP contribution in [0.2, 0.25) is 0 Å². The minimum atomic E-state index is -0.943. The Labute approximate surface area is 181 Å². The number of ether oxygens (including phenoxy) is 3. The summed E-state index contributed by atoms with van der Waals surface area (Å²) in [4.78, 5) is 25.0. The van der Waals surface area contributed by atoms with Crippen LogP contribution in [0.15, 0.2) is 66.7 Å². The van der Waals surface area contributed by atoms with Crippen molar-refractivity contribution in [2.45, 2.75) is 32.0 Å². The molecule has 1 amide bonds. The van der Waals surface area contributed by atoms with Crippen LogP contribution in [-0.2, 0) is 14.3 Å². The molecule has 160 valence electrons. The molecule has 3 aromatic carbocycles. The first-order valence-corrected chi connectivity index (χ1v) is 10.4. The topological polar surface area (TPSA) is 73.9 Å². The van der Waals surface area contributed by atoms with Crippen LogP contribution < -0.4 is 10.1 Å². The quantitative estimate of drug-likeness (QED) is 0.568. The van der Waals surface area contributed by atoms with E-state index >= 15 is 0 Å². The van der Waals surface area contributed by atoms with E-state index in [1.807, 2.05) is 42.5 Å². The Hall–Kier alpha value is -3.38. The summed E-state index contributed by atoms with van der Waals surface area (Å²) in [5, 5.41) is 4.79. The average molecular weight is 419 g/mol. The number of benzene rings is 3. The summed E-state index contributed by atoms with van der Waals surface area (Å²) in [5.41, 5.74) is 1.04. The number of anilines is 1. The number of rotatable bonds is 7. The lowest BCUT2D eigenvalue weighted by Gasteiger charge is -2.15. The highest BCUT2D eigenvalue weighted by Crippen LogP contribution is 2.23. The molecule has 6 heteroatoms. The van der Waals surface area contributed by atoms with Crippen molar-refractivity contribution in [3.63, 3.8) is 0 Å². The van der Waals surface area contributed by atoms with E-state index in [-0.39, 0.29) is 12.0 Å². The minimum Gasteiger partial charge on any atom is -0.491 e. The Morgan fingerprint density at radius 2 is 1.84 bits per heavy atom. The van der Waals surface area contributed by atoms with E-state index in [2.05, 4.69) is 5.32 Å². The zero-order valence-corrected chi connectivity index (χ0v) is 17.4. The van der Waals surface area contributed by atoms with E-state index in [0.29, 0.717) is 23.6 Å². The van der Waals surface area contributed by atoms with Gasteiger partial charge in [0.25, 0.3) is 5.91 Å². The van der Waals surface area contributed by atoms with E-state index in [4.69, 9.17) is 14.2 Å². The summed E-state index contributed by atoms with van der Waals surface area (Å²) in [6.07, 6.45) is 1.25. The number of hydrogen-bond acceptors (Lipinski definition) is 5. The number of nitrogens with one attached hydrogen (secondary N) is 1. The number of amides is 1. The molecule has 0 saturated carbocycles. The lowest BCUT2D eigenvalue weighted by atomic mass is 10.1. The summed E-state index contributed by atoms with van der Waals surface area (Å²) < 4.78 is 16.6. The van der Waals surface area contributed by atoms with Crippen LogP contribution in [-0.4, -0.2) is 37.3 Å². The van der Waals surface area contributed by atoms with Gasteiger partial charge >= 0.3 is 5.97 Å². The zero-order chi connectivity index (χ0) is 21.6. The van der Waals surface area contributed by atoms with Crippen molar-refractivity contribution in [1.29, 1.82) is 0 Å². The molecule has 1 aliphatic rings. The van der Waals surface area contributed by atoms with Crippen molar-refractivity contribution in [3.8, 4) is 5.75 Å². The molecule has 2 atom stereocenters. The molecule has 0 bridgehead atoms. The third kappa shape index (κ3) is 5.22. The van der Waals surface area contributed by atoms with Crippen LogP contribution >= 0.6 is 0 Å². The Morgan fingerprint density at radius 3 is 2.61 bits per heavy atom. The van der Waals surface area contributed by atoms with Gasteiger partial charge < -0.3 is 19.5 Å². The standard InChI is InChI=1S/C25H25NO5/c1-17(24(27)26-23-10-4-7-18-6-2-3-9-22(18)23)31-25(28)19-11-13-20(14-12-19)30-16-21-8-5-15-29-21/h2-4,6-7,9-14,17,21H,5,8,15-16H2,1H3,(H,26,27)/t17-,21-/m0/s1. The SMILES string of the molecule is C[C@H](OC(=O)c1ccc(OC[C@@H]2CCCO2)cc1)C(=O)Nc1cccc2ccccc12. The maximum absolute atomic E-state index is 12.6. The first kappa shape index (κ1) is 20.9. The van der Waals surface area contributed by atoms with Crippen molar-refractivity contribution in [3.05, 3.63) is 72.3 Å². The first-order valence-electron chi connectivity index (χ1n) is 10.4. The molecular weight excluding hydrogens is 394 g/mol. The van der Waals surface area contributed by atoms with Gasteiger partial charge in [0.1, 0.15) is 12.4 Å². The largest absolute Gasteiger partial charge is 0.491 e. The summed E-state index contributed by atoms with van der Waals surface area (Å²) in [5.74, 6) is -0.290. The zero-order valence-electron chi connectivity index (χ0n) is 17.4. The molecule has 6 nitrogen and oxygen atoms in total. The predicted octanol–water partition coefficient (Wildman–Crippen LogP) is 4.58. The van der Waals surface area contributed by atoms with Crippen LogP contribution in [0, 0.1) is 0 Å². The normalized spacial score (nSPS) is 16.6. The van der Waals surface area contributed by atoms with Gasteiger partial charge in [-0.25, -0.2) is 4.79 Å². The van der Waals surface area contributed by atoms with Crippen LogP contribution in [0.25, 0.3) is 10.8 Å². The van der Waals surface area contributed by atoms with E-state index in [9.17, 15) is 9.59 Å². The Bertz CT molecular complexity index is 1050. The van der Waals surface area contributed by atoms with Crippen LogP contribution in [0.5, 0.6) is 5.75 Å². The Morgan fingerprint density at radius 1 is 1.06 bits per heavy atom. The van der Waals surface area contributed by atoms with Crippen molar-refractivity contribution in [2.75, 3.05) is 18.5 Å². The van der Waals surface area contributed by atoms with Gasteiger partial charge in [-0.15, -0.1) is 0 Å². The first-order chi connectivity index (χ1) is 15.1. The van der Waals surface area contributed by atoms with Crippen molar-refractivity contribution in [2.24, 2.45) is 0 Å². The second-order valence-electron chi connectivity index (χ2n) is 7.53. The number of esters is 1. The Balaban J connectivity index is 1.32. The fourth-order valence-corrected chi connectivity index (χ4v) is 3.50. The van der Waals surface area contributed by atoms with Crippen molar-refractivity contribution >= 4 is 28.3 Å². The molecule has 1 N–H and O–H groups in total. The van der Waals surface area contributed by atoms with Crippen LogP contribution in [0.4, 0.5) is 5.69 Å². The highest BCUT2D eigenvalue weighted by molar-refractivity contribution is 6.04. The van der Waals surface area contributed by atoms with Gasteiger partial charge in [0.05, 0.1) is 11.7 Å². The molecular formula is C25H25NO5. The maximum atomic E-state index is 12.6. The molecule has 0 spiro atoms. The lowest BCUT2D eigenvalue weighted by Crippen LogP contribution is -2.30. The molecule has 1 heterocycles. The van der Waals surface area contributed by atoms with Crippen LogP contribution in [0.1, 0.15) is 30.1 Å². The van der Waals surface area contributed by atoms with E-state index in [1.54, 1.807) is 31.2 Å². The molecule has 0 unspecified atom stereocenters. The number of carbonyl (C=O) groups excluding carboxylic acids is 2. The summed E-state index contributed by atoms with van der Waals surface area (Å²) in [6, 6.07) is 20.1. The number of carbonyl (C=O) groups is 2. The predicted molar refractivity (Wildman–Crippen MR) is 118 cm³/mol. The van der Waals surface area contributed by atoms with Crippen LogP contribution in [0.3, 0.4) is 0 Å². The van der Waals surface area contributed by atoms with Gasteiger partial charge in [-0.2, -0.15) is 0 Å². The van der Waals surface area contributed by atoms with E-state index in [1.165, 1.54) is 0 Å². The monoisotopic (exact) mass is 419 g/mol. The third-order valence-electron chi connectivity index (χ3n) is 5.25. The lowest BCUT2D eigenvalue weighted by molar-refractivity contribution is -0.123. The second kappa shape index (κ2) is 9.62. The summed E-state index contributed by atoms with van der Waals surface area (Å²) in [6.45, 7) is 2.83. The fourth-order valence-electron chi connectivity index (χ4n) is 3.50. The maximum Gasteiger partial charge on any atom is 0.338 e. The molecule has 3 aromatic rings. The van der Waals surface area contributed by atoms with Crippen molar-refractivity contribution < 1.29 is 23.8 Å². The number of fused-ring (bicyclic) bond motifs is 1. The minimum absolute atomic E-state index is 0.130. The molecule has 1 saturated heterocycles. The number of hydrogen-bond donors (Lipinski definition) is 1. The molecule has 0 aromatic heterocycles. The fraction of sp³-hybridized carbons (Fsp3) is 0.280. The smallest absolute Gasteiger partial charge is 0.338 e. The van der Waals surface area contributed by atoms with Crippen molar-refractivity contribution in [1.82, 2.24) is 0 Å². The highest BCUT2D eigenvalue weighted by atomic mass is 16.5. The third-order valence-corrected chi connectivity index (χ3v) is 5.25. The van der Waals surface area contributed by atoms with E-state index < -0.39 is 12.1 Å². The van der Waals surface area contributed by atoms with E-state index in [0.717, 1.165) is 30.2 Å². The average Bonchev–Trinajstić information content (AvgIpc) is 3.32. The summed E-state index contributed by atoms with van der Waals surface area (Å²) in [7, 11) is 0. The molecule has 1 fully saturated rings. The van der Waals surface area contributed by atoms with Gasteiger partial charge in [-0.3, -0.25) is 4.79 Å². The van der Waals surface area contributed by atoms with Gasteiger partial charge in [0.2, 0.25) is 0 Å². The molecule has 0 radical (unpaired) electrons. The van der Waals surface area contributed by atoms with Gasteiger partial charge in [0.15, 0.2) is 6.10 Å². The van der Waals surface area contributed by atoms with Gasteiger partial charge in [-0.1, -0.05) is 36.4 Å². The van der Waals surface area contributed by atoms with Gasteiger partial charge in [0, 0.05) is 17.7 Å². The molecule has 1 aliphatic heterocycles. The Kier molecular flexibility index (Phi) is 6.48. The summed E-state index contributed by atoms with van der Waals surface area (Å²) >= 11 is 0.